The van der Waals surface area contributed by atoms with Gasteiger partial charge in [0.15, 0.2) is 11.5 Å². The zero-order valence-corrected chi connectivity index (χ0v) is 12.6. The lowest BCUT2D eigenvalue weighted by atomic mass is 10.2. The van der Waals surface area contributed by atoms with Crippen LogP contribution in [0.25, 0.3) is 0 Å². The Morgan fingerprint density at radius 1 is 1.00 bits per heavy atom. The molecule has 6 heteroatoms. The molecule has 20 heavy (non-hydrogen) atoms. The van der Waals surface area contributed by atoms with Crippen LogP contribution in [0, 0.1) is 0 Å². The highest BCUT2D eigenvalue weighted by molar-refractivity contribution is 5.73. The Balaban J connectivity index is 3.12. The van der Waals surface area contributed by atoms with Crippen LogP contribution < -0.4 is 18.9 Å². The molecular weight excluding hydrogens is 262 g/mol. The van der Waals surface area contributed by atoms with Gasteiger partial charge in [-0.25, -0.2) is 4.79 Å². The first-order chi connectivity index (χ1) is 9.60. The highest BCUT2D eigenvalue weighted by Crippen LogP contribution is 2.41. The molecule has 0 atom stereocenters. The standard InChI is InChI=1S/C14H21NO5/c1-6-15(7-2)14(16)20-13-11(18-4)8-10(17-3)9-12(13)19-5/h8-9H,6-7H2,1-5H3. The maximum absolute atomic E-state index is 12.0. The molecule has 0 saturated heterocycles. The summed E-state index contributed by atoms with van der Waals surface area (Å²) in [4.78, 5) is 13.6. The van der Waals surface area contributed by atoms with Gasteiger partial charge in [0.25, 0.3) is 0 Å². The van der Waals surface area contributed by atoms with Gasteiger partial charge in [-0.1, -0.05) is 0 Å². The lowest BCUT2D eigenvalue weighted by Gasteiger charge is -2.20. The van der Waals surface area contributed by atoms with Gasteiger partial charge < -0.3 is 23.8 Å². The lowest BCUT2D eigenvalue weighted by molar-refractivity contribution is 0.153. The van der Waals surface area contributed by atoms with Crippen LogP contribution in [0.3, 0.4) is 0 Å². The summed E-state index contributed by atoms with van der Waals surface area (Å²) in [5, 5.41) is 0. The summed E-state index contributed by atoms with van der Waals surface area (Å²) in [5.74, 6) is 1.55. The zero-order chi connectivity index (χ0) is 15.1. The van der Waals surface area contributed by atoms with Crippen molar-refractivity contribution in [1.29, 1.82) is 0 Å². The molecule has 1 aromatic rings. The molecule has 0 unspecified atom stereocenters. The summed E-state index contributed by atoms with van der Waals surface area (Å²) < 4.78 is 21.0. The first-order valence-corrected chi connectivity index (χ1v) is 6.37. The summed E-state index contributed by atoms with van der Waals surface area (Å²) in [7, 11) is 4.52. The Hall–Kier alpha value is -2.11. The van der Waals surface area contributed by atoms with Crippen LogP contribution in [0.5, 0.6) is 23.0 Å². The quantitative estimate of drug-likeness (QED) is 0.803. The van der Waals surface area contributed by atoms with Crippen LogP contribution in [0.2, 0.25) is 0 Å². The molecule has 6 nitrogen and oxygen atoms in total. The minimum absolute atomic E-state index is 0.243. The van der Waals surface area contributed by atoms with Gasteiger partial charge in [0, 0.05) is 25.2 Å². The third-order valence-electron chi connectivity index (χ3n) is 2.88. The molecule has 0 spiro atoms. The van der Waals surface area contributed by atoms with Gasteiger partial charge in [0.1, 0.15) is 5.75 Å². The molecule has 0 aliphatic heterocycles. The van der Waals surface area contributed by atoms with Crippen molar-refractivity contribution in [3.05, 3.63) is 12.1 Å². The van der Waals surface area contributed by atoms with E-state index in [0.717, 1.165) is 0 Å². The third kappa shape index (κ3) is 3.46. The summed E-state index contributed by atoms with van der Waals surface area (Å²) in [6, 6.07) is 3.26. The minimum atomic E-state index is -0.447. The molecule has 1 rings (SSSR count). The monoisotopic (exact) mass is 283 g/mol. The van der Waals surface area contributed by atoms with Crippen LogP contribution in [0.15, 0.2) is 12.1 Å². The van der Waals surface area contributed by atoms with Crippen molar-refractivity contribution in [3.8, 4) is 23.0 Å². The number of nitrogens with zero attached hydrogens (tertiary/aromatic N) is 1. The van der Waals surface area contributed by atoms with Crippen molar-refractivity contribution >= 4 is 6.09 Å². The molecule has 0 aromatic heterocycles. The van der Waals surface area contributed by atoms with E-state index in [1.54, 1.807) is 17.0 Å². The van der Waals surface area contributed by atoms with E-state index in [4.69, 9.17) is 18.9 Å². The number of hydrogen-bond acceptors (Lipinski definition) is 5. The highest BCUT2D eigenvalue weighted by Gasteiger charge is 2.20. The second-order valence-corrected chi connectivity index (χ2v) is 3.90. The average molecular weight is 283 g/mol. The Morgan fingerprint density at radius 3 is 1.85 bits per heavy atom. The Bertz CT molecular complexity index is 432. The molecule has 0 bridgehead atoms. The fourth-order valence-electron chi connectivity index (χ4n) is 1.71. The molecule has 0 aliphatic rings. The molecule has 0 aliphatic carbocycles. The number of carbonyl (C=O) groups is 1. The summed E-state index contributed by atoms with van der Waals surface area (Å²) >= 11 is 0. The van der Waals surface area contributed by atoms with Crippen molar-refractivity contribution in [3.63, 3.8) is 0 Å². The van der Waals surface area contributed by atoms with Gasteiger partial charge in [0.05, 0.1) is 21.3 Å². The molecule has 0 fully saturated rings. The fraction of sp³-hybridized carbons (Fsp3) is 0.500. The van der Waals surface area contributed by atoms with Crippen molar-refractivity contribution in [2.75, 3.05) is 34.4 Å². The number of amides is 1. The fourth-order valence-corrected chi connectivity index (χ4v) is 1.71. The SMILES string of the molecule is CCN(CC)C(=O)Oc1c(OC)cc(OC)cc1OC. The average Bonchev–Trinajstić information content (AvgIpc) is 2.48. The van der Waals surface area contributed by atoms with Gasteiger partial charge in [0.2, 0.25) is 5.75 Å². The van der Waals surface area contributed by atoms with Gasteiger partial charge in [-0.15, -0.1) is 0 Å². The van der Waals surface area contributed by atoms with Gasteiger partial charge in [-0.05, 0) is 13.8 Å². The van der Waals surface area contributed by atoms with Crippen LogP contribution in [-0.4, -0.2) is 45.4 Å². The zero-order valence-electron chi connectivity index (χ0n) is 12.6. The van der Waals surface area contributed by atoms with E-state index in [-0.39, 0.29) is 5.75 Å². The van der Waals surface area contributed by atoms with Crippen LogP contribution in [-0.2, 0) is 0 Å². The Morgan fingerprint density at radius 2 is 1.50 bits per heavy atom. The number of carbonyl (C=O) groups excluding carboxylic acids is 1. The summed E-state index contributed by atoms with van der Waals surface area (Å²) in [6.07, 6.45) is -0.447. The first-order valence-electron chi connectivity index (χ1n) is 6.37. The second kappa shape index (κ2) is 7.47. The molecular formula is C14H21NO5. The van der Waals surface area contributed by atoms with E-state index in [2.05, 4.69) is 0 Å². The van der Waals surface area contributed by atoms with E-state index in [1.165, 1.54) is 21.3 Å². The first kappa shape index (κ1) is 15.9. The highest BCUT2D eigenvalue weighted by atomic mass is 16.6. The molecule has 1 aromatic carbocycles. The minimum Gasteiger partial charge on any atom is -0.496 e. The van der Waals surface area contributed by atoms with Gasteiger partial charge in [-0.2, -0.15) is 0 Å². The number of rotatable bonds is 6. The maximum atomic E-state index is 12.0. The van der Waals surface area contributed by atoms with Crippen LogP contribution in [0.1, 0.15) is 13.8 Å². The third-order valence-corrected chi connectivity index (χ3v) is 2.88. The van der Waals surface area contributed by atoms with Gasteiger partial charge in [-0.3, -0.25) is 0 Å². The number of hydrogen-bond donors (Lipinski definition) is 0. The normalized spacial score (nSPS) is 9.85. The van der Waals surface area contributed by atoms with Crippen LogP contribution >= 0.6 is 0 Å². The largest absolute Gasteiger partial charge is 0.496 e. The van der Waals surface area contributed by atoms with Crippen molar-refractivity contribution in [2.45, 2.75) is 13.8 Å². The van der Waals surface area contributed by atoms with E-state index in [1.807, 2.05) is 13.8 Å². The lowest BCUT2D eigenvalue weighted by Crippen LogP contribution is -2.33. The molecule has 0 N–H and O–H groups in total. The topological polar surface area (TPSA) is 57.2 Å². The van der Waals surface area contributed by atoms with Crippen molar-refractivity contribution in [1.82, 2.24) is 4.90 Å². The summed E-state index contributed by atoms with van der Waals surface area (Å²) in [5.41, 5.74) is 0. The van der Waals surface area contributed by atoms with Crippen molar-refractivity contribution < 1.29 is 23.7 Å². The van der Waals surface area contributed by atoms with E-state index < -0.39 is 6.09 Å². The van der Waals surface area contributed by atoms with Crippen LogP contribution in [0.4, 0.5) is 4.79 Å². The molecule has 0 heterocycles. The summed E-state index contributed by atoms with van der Waals surface area (Å²) in [6.45, 7) is 4.90. The number of methoxy groups -OCH3 is 3. The second-order valence-electron chi connectivity index (χ2n) is 3.90. The van der Waals surface area contributed by atoms with E-state index in [9.17, 15) is 4.79 Å². The maximum Gasteiger partial charge on any atom is 0.415 e. The molecule has 112 valence electrons. The number of ether oxygens (including phenoxy) is 4. The molecule has 0 radical (unpaired) electrons. The van der Waals surface area contributed by atoms with Gasteiger partial charge >= 0.3 is 6.09 Å². The molecule has 0 saturated carbocycles. The van der Waals surface area contributed by atoms with Crippen molar-refractivity contribution in [2.24, 2.45) is 0 Å². The number of benzene rings is 1. The van der Waals surface area contributed by atoms with E-state index >= 15 is 0 Å². The predicted octanol–water partition coefficient (Wildman–Crippen LogP) is 2.55. The molecule has 1 amide bonds. The predicted molar refractivity (Wildman–Crippen MR) is 75.0 cm³/mol. The Kier molecular flexibility index (Phi) is 5.96. The van der Waals surface area contributed by atoms with E-state index in [0.29, 0.717) is 30.3 Å². The Labute approximate surface area is 119 Å². The smallest absolute Gasteiger partial charge is 0.415 e.